The van der Waals surface area contributed by atoms with Crippen LogP contribution < -0.4 is 10.1 Å². The Hall–Kier alpha value is -3.12. The highest BCUT2D eigenvalue weighted by Gasteiger charge is 2.24. The lowest BCUT2D eigenvalue weighted by Gasteiger charge is -2.33. The molecular formula is C26H32N4O2. The highest BCUT2D eigenvalue weighted by atomic mass is 16.5. The SMILES string of the molecule is COc1ccc(CN2CCCCCNC(=O)CC2c2ccccc2)cc1Cn1ccnc1. The molecule has 1 atom stereocenters. The smallest absolute Gasteiger partial charge is 0.221 e. The number of carbonyl (C=O) groups excluding carboxylic acids is 1. The van der Waals surface area contributed by atoms with Gasteiger partial charge in [0, 0.05) is 43.5 Å². The zero-order valence-corrected chi connectivity index (χ0v) is 18.7. The molecule has 1 saturated heterocycles. The van der Waals surface area contributed by atoms with Gasteiger partial charge in [0.1, 0.15) is 5.75 Å². The Bertz CT molecular complexity index is 988. The van der Waals surface area contributed by atoms with Crippen LogP contribution in [0.15, 0.2) is 67.3 Å². The average Bonchev–Trinajstić information content (AvgIpc) is 3.33. The first-order chi connectivity index (χ1) is 15.7. The van der Waals surface area contributed by atoms with E-state index in [9.17, 15) is 4.79 Å². The zero-order valence-electron chi connectivity index (χ0n) is 18.7. The van der Waals surface area contributed by atoms with Gasteiger partial charge in [0.2, 0.25) is 5.91 Å². The topological polar surface area (TPSA) is 59.4 Å². The number of amides is 1. The van der Waals surface area contributed by atoms with Crippen molar-refractivity contribution in [1.82, 2.24) is 19.8 Å². The zero-order chi connectivity index (χ0) is 22.2. The Balaban J connectivity index is 1.61. The van der Waals surface area contributed by atoms with Gasteiger partial charge < -0.3 is 14.6 Å². The van der Waals surface area contributed by atoms with Crippen molar-refractivity contribution in [2.24, 2.45) is 0 Å². The molecule has 3 aromatic rings. The van der Waals surface area contributed by atoms with Crippen molar-refractivity contribution in [3.8, 4) is 5.75 Å². The van der Waals surface area contributed by atoms with E-state index >= 15 is 0 Å². The number of hydrogen-bond donors (Lipinski definition) is 1. The Morgan fingerprint density at radius 1 is 1.09 bits per heavy atom. The van der Waals surface area contributed by atoms with Crippen LogP contribution >= 0.6 is 0 Å². The average molecular weight is 433 g/mol. The molecular weight excluding hydrogens is 400 g/mol. The van der Waals surface area contributed by atoms with Crippen LogP contribution in [0.3, 0.4) is 0 Å². The maximum Gasteiger partial charge on any atom is 0.221 e. The van der Waals surface area contributed by atoms with Crippen LogP contribution in [0.25, 0.3) is 0 Å². The van der Waals surface area contributed by atoms with Gasteiger partial charge in [-0.1, -0.05) is 42.8 Å². The lowest BCUT2D eigenvalue weighted by Crippen LogP contribution is -2.36. The van der Waals surface area contributed by atoms with Gasteiger partial charge in [-0.15, -0.1) is 0 Å². The van der Waals surface area contributed by atoms with Gasteiger partial charge in [0.15, 0.2) is 0 Å². The molecule has 1 aliphatic rings. The summed E-state index contributed by atoms with van der Waals surface area (Å²) in [6, 6.07) is 16.9. The Labute approximate surface area is 190 Å². The fourth-order valence-electron chi connectivity index (χ4n) is 4.44. The first-order valence-corrected chi connectivity index (χ1v) is 11.4. The molecule has 2 aromatic carbocycles. The van der Waals surface area contributed by atoms with Crippen molar-refractivity contribution in [1.29, 1.82) is 0 Å². The maximum atomic E-state index is 12.6. The van der Waals surface area contributed by atoms with E-state index in [1.165, 1.54) is 11.1 Å². The van der Waals surface area contributed by atoms with E-state index in [1.807, 2.05) is 29.2 Å². The van der Waals surface area contributed by atoms with E-state index in [2.05, 4.69) is 51.6 Å². The summed E-state index contributed by atoms with van der Waals surface area (Å²) in [5.41, 5.74) is 3.53. The van der Waals surface area contributed by atoms with Gasteiger partial charge in [-0.3, -0.25) is 9.69 Å². The van der Waals surface area contributed by atoms with E-state index in [0.29, 0.717) is 13.0 Å². The number of carbonyl (C=O) groups is 1. The van der Waals surface area contributed by atoms with Crippen LogP contribution in [-0.2, 0) is 17.9 Å². The number of aromatic nitrogens is 2. The highest BCUT2D eigenvalue weighted by Crippen LogP contribution is 2.29. The summed E-state index contributed by atoms with van der Waals surface area (Å²) >= 11 is 0. The minimum Gasteiger partial charge on any atom is -0.496 e. The summed E-state index contributed by atoms with van der Waals surface area (Å²) in [5.74, 6) is 1.00. The second-order valence-corrected chi connectivity index (χ2v) is 8.39. The molecule has 6 nitrogen and oxygen atoms in total. The first-order valence-electron chi connectivity index (χ1n) is 11.4. The summed E-state index contributed by atoms with van der Waals surface area (Å²) < 4.78 is 7.65. The molecule has 0 spiro atoms. The first kappa shape index (κ1) is 22.1. The van der Waals surface area contributed by atoms with E-state index < -0.39 is 0 Å². The van der Waals surface area contributed by atoms with Crippen molar-refractivity contribution in [3.05, 3.63) is 83.9 Å². The summed E-state index contributed by atoms with van der Waals surface area (Å²) in [7, 11) is 1.71. The summed E-state index contributed by atoms with van der Waals surface area (Å²) in [6.45, 7) is 3.24. The fourth-order valence-corrected chi connectivity index (χ4v) is 4.44. The largest absolute Gasteiger partial charge is 0.496 e. The van der Waals surface area contributed by atoms with Crippen molar-refractivity contribution in [2.45, 2.75) is 44.8 Å². The molecule has 0 saturated carbocycles. The third-order valence-corrected chi connectivity index (χ3v) is 6.09. The van der Waals surface area contributed by atoms with Gasteiger partial charge in [-0.2, -0.15) is 0 Å². The summed E-state index contributed by atoms with van der Waals surface area (Å²) in [6.07, 6.45) is 9.32. The minimum atomic E-state index is 0.0495. The Kier molecular flexibility index (Phi) is 7.56. The van der Waals surface area contributed by atoms with Crippen LogP contribution in [0.5, 0.6) is 5.75 Å². The Morgan fingerprint density at radius 2 is 1.97 bits per heavy atom. The molecule has 168 valence electrons. The number of ether oxygens (including phenoxy) is 1. The molecule has 2 heterocycles. The summed E-state index contributed by atoms with van der Waals surface area (Å²) in [5, 5.41) is 3.09. The fraction of sp³-hybridized carbons (Fsp3) is 0.385. The Morgan fingerprint density at radius 3 is 2.75 bits per heavy atom. The number of imidazole rings is 1. The molecule has 0 radical (unpaired) electrons. The van der Waals surface area contributed by atoms with Crippen LogP contribution in [0, 0.1) is 0 Å². The lowest BCUT2D eigenvalue weighted by molar-refractivity contribution is -0.122. The quantitative estimate of drug-likeness (QED) is 0.635. The van der Waals surface area contributed by atoms with E-state index in [4.69, 9.17) is 4.74 Å². The molecule has 1 N–H and O–H groups in total. The van der Waals surface area contributed by atoms with E-state index in [-0.39, 0.29) is 11.9 Å². The molecule has 32 heavy (non-hydrogen) atoms. The van der Waals surface area contributed by atoms with Gasteiger partial charge in [0.25, 0.3) is 0 Å². The third kappa shape index (κ3) is 5.77. The molecule has 1 amide bonds. The maximum absolute atomic E-state index is 12.6. The molecule has 1 aliphatic heterocycles. The van der Waals surface area contributed by atoms with Crippen molar-refractivity contribution in [3.63, 3.8) is 0 Å². The molecule has 1 aromatic heterocycles. The second-order valence-electron chi connectivity index (χ2n) is 8.39. The number of methoxy groups -OCH3 is 1. The monoisotopic (exact) mass is 432 g/mol. The van der Waals surface area contributed by atoms with Crippen molar-refractivity contribution >= 4 is 5.91 Å². The second kappa shape index (κ2) is 11.0. The molecule has 1 unspecified atom stereocenters. The molecule has 0 bridgehead atoms. The van der Waals surface area contributed by atoms with Crippen molar-refractivity contribution in [2.75, 3.05) is 20.2 Å². The van der Waals surface area contributed by atoms with Crippen LogP contribution in [-0.4, -0.2) is 40.6 Å². The molecule has 0 aliphatic carbocycles. The van der Waals surface area contributed by atoms with Crippen LogP contribution in [0.1, 0.15) is 48.4 Å². The predicted molar refractivity (Wildman–Crippen MR) is 125 cm³/mol. The normalized spacial score (nSPS) is 18.2. The standard InChI is InChI=1S/C26H32N4O2/c1-32-25-11-10-21(16-23(25)19-29-15-13-27-20-29)18-30-14-7-3-6-12-28-26(31)17-24(30)22-8-4-2-5-9-22/h2,4-5,8-11,13,15-16,20,24H,3,6-7,12,14,17-19H2,1H3,(H,28,31). The third-order valence-electron chi connectivity index (χ3n) is 6.09. The lowest BCUT2D eigenvalue weighted by atomic mass is 9.99. The van der Waals surface area contributed by atoms with Crippen LogP contribution in [0.4, 0.5) is 0 Å². The molecule has 6 heteroatoms. The molecule has 1 fully saturated rings. The number of nitrogens with zero attached hydrogens (tertiary/aromatic N) is 3. The number of nitrogens with one attached hydrogen (secondary N) is 1. The highest BCUT2D eigenvalue weighted by molar-refractivity contribution is 5.76. The van der Waals surface area contributed by atoms with E-state index in [0.717, 1.165) is 50.2 Å². The number of rotatable bonds is 6. The van der Waals surface area contributed by atoms with E-state index in [1.54, 1.807) is 13.3 Å². The van der Waals surface area contributed by atoms with Crippen LogP contribution in [0.2, 0.25) is 0 Å². The van der Waals surface area contributed by atoms with Crippen molar-refractivity contribution < 1.29 is 9.53 Å². The van der Waals surface area contributed by atoms with Gasteiger partial charge in [-0.05, 0) is 42.6 Å². The number of benzene rings is 2. The van der Waals surface area contributed by atoms with Gasteiger partial charge in [0.05, 0.1) is 20.0 Å². The van der Waals surface area contributed by atoms with Gasteiger partial charge in [-0.25, -0.2) is 4.98 Å². The summed E-state index contributed by atoms with van der Waals surface area (Å²) in [4.78, 5) is 19.2. The predicted octanol–water partition coefficient (Wildman–Crippen LogP) is 4.17. The number of hydrogen-bond acceptors (Lipinski definition) is 4. The molecule has 4 rings (SSSR count). The van der Waals surface area contributed by atoms with Gasteiger partial charge >= 0.3 is 0 Å². The minimum absolute atomic E-state index is 0.0495.